The summed E-state index contributed by atoms with van der Waals surface area (Å²) in [5.74, 6) is 1.77. The second-order valence-electron chi connectivity index (χ2n) is 5.83. The number of carbonyl (C=O) groups excluding carboxylic acids is 1. The van der Waals surface area contributed by atoms with Gasteiger partial charge in [0.25, 0.3) is 0 Å². The third-order valence-electron chi connectivity index (χ3n) is 4.23. The van der Waals surface area contributed by atoms with Crippen LogP contribution in [-0.4, -0.2) is 44.9 Å². The average molecular weight is 322 g/mol. The summed E-state index contributed by atoms with van der Waals surface area (Å²) in [5.41, 5.74) is 0.604. The molecule has 0 bridgehead atoms. The first-order valence-electron chi connectivity index (χ1n) is 8.01. The minimum Gasteiger partial charge on any atom is -0.497 e. The normalized spacial score (nSPS) is 18.5. The lowest BCUT2D eigenvalue weighted by Gasteiger charge is -2.17. The van der Waals surface area contributed by atoms with Crippen LogP contribution in [0.2, 0.25) is 0 Å². The lowest BCUT2D eigenvalue weighted by Crippen LogP contribution is -2.28. The number of benzene rings is 1. The van der Waals surface area contributed by atoms with Crippen LogP contribution in [0.5, 0.6) is 11.5 Å². The predicted octanol–water partition coefficient (Wildman–Crippen LogP) is 1.24. The van der Waals surface area contributed by atoms with Crippen molar-refractivity contribution < 1.29 is 19.4 Å². The summed E-state index contributed by atoms with van der Waals surface area (Å²) < 4.78 is 10.4. The Kier molecular flexibility index (Phi) is 6.67. The van der Waals surface area contributed by atoms with Crippen LogP contribution in [0, 0.1) is 5.92 Å². The van der Waals surface area contributed by atoms with Gasteiger partial charge in [-0.25, -0.2) is 0 Å². The highest BCUT2D eigenvalue weighted by Crippen LogP contribution is 2.29. The number of amides is 1. The summed E-state index contributed by atoms with van der Waals surface area (Å²) in [7, 11) is 3.11. The molecule has 0 aliphatic carbocycles. The SMILES string of the molecule is COc1ccc(OC)c(C(O)CNC(=O)CCC2CCNC2)c1. The highest BCUT2D eigenvalue weighted by molar-refractivity contribution is 5.75. The highest BCUT2D eigenvalue weighted by atomic mass is 16.5. The van der Waals surface area contributed by atoms with Gasteiger partial charge in [0, 0.05) is 18.5 Å². The van der Waals surface area contributed by atoms with Gasteiger partial charge in [-0.2, -0.15) is 0 Å². The summed E-state index contributed by atoms with van der Waals surface area (Å²) in [6.45, 7) is 2.20. The van der Waals surface area contributed by atoms with Crippen molar-refractivity contribution in [2.75, 3.05) is 33.9 Å². The first-order chi connectivity index (χ1) is 11.1. The van der Waals surface area contributed by atoms with E-state index in [1.807, 2.05) is 0 Å². The van der Waals surface area contributed by atoms with E-state index >= 15 is 0 Å². The molecule has 1 fully saturated rings. The molecule has 2 rings (SSSR count). The van der Waals surface area contributed by atoms with Crippen molar-refractivity contribution in [2.24, 2.45) is 5.92 Å². The van der Waals surface area contributed by atoms with Gasteiger partial charge in [0.05, 0.1) is 20.3 Å². The number of rotatable bonds is 8. The molecule has 6 heteroatoms. The zero-order valence-electron chi connectivity index (χ0n) is 13.8. The quantitative estimate of drug-likeness (QED) is 0.671. The largest absolute Gasteiger partial charge is 0.497 e. The molecule has 0 radical (unpaired) electrons. The van der Waals surface area contributed by atoms with Crippen LogP contribution in [0.1, 0.15) is 30.9 Å². The van der Waals surface area contributed by atoms with Gasteiger partial charge in [0.2, 0.25) is 5.91 Å². The maximum Gasteiger partial charge on any atom is 0.220 e. The smallest absolute Gasteiger partial charge is 0.220 e. The molecular formula is C17H26N2O4. The molecule has 0 aromatic heterocycles. The van der Waals surface area contributed by atoms with E-state index in [0.29, 0.717) is 29.4 Å². The molecule has 2 atom stereocenters. The van der Waals surface area contributed by atoms with Crippen LogP contribution in [-0.2, 0) is 4.79 Å². The van der Waals surface area contributed by atoms with E-state index < -0.39 is 6.10 Å². The van der Waals surface area contributed by atoms with E-state index in [4.69, 9.17) is 9.47 Å². The summed E-state index contributed by atoms with van der Waals surface area (Å²) in [6, 6.07) is 5.23. The molecule has 1 aliphatic heterocycles. The lowest BCUT2D eigenvalue weighted by atomic mass is 10.0. The molecule has 2 unspecified atom stereocenters. The maximum absolute atomic E-state index is 11.9. The monoisotopic (exact) mass is 322 g/mol. The lowest BCUT2D eigenvalue weighted by molar-refractivity contribution is -0.121. The number of carbonyl (C=O) groups is 1. The fraction of sp³-hybridized carbons (Fsp3) is 0.588. The summed E-state index contributed by atoms with van der Waals surface area (Å²) in [4.78, 5) is 11.9. The summed E-state index contributed by atoms with van der Waals surface area (Å²) >= 11 is 0. The van der Waals surface area contributed by atoms with Gasteiger partial charge in [0.1, 0.15) is 11.5 Å². The van der Waals surface area contributed by atoms with Crippen molar-refractivity contribution in [3.05, 3.63) is 23.8 Å². The van der Waals surface area contributed by atoms with Crippen LogP contribution in [0.3, 0.4) is 0 Å². The molecule has 1 aromatic rings. The fourth-order valence-electron chi connectivity index (χ4n) is 2.80. The number of hydrogen-bond donors (Lipinski definition) is 3. The Hall–Kier alpha value is -1.79. The van der Waals surface area contributed by atoms with E-state index in [1.165, 1.54) is 0 Å². The topological polar surface area (TPSA) is 79.8 Å². The van der Waals surface area contributed by atoms with Crippen molar-refractivity contribution in [2.45, 2.75) is 25.4 Å². The molecule has 128 valence electrons. The van der Waals surface area contributed by atoms with Gasteiger partial charge >= 0.3 is 0 Å². The molecular weight excluding hydrogens is 296 g/mol. The average Bonchev–Trinajstić information content (AvgIpc) is 3.10. The van der Waals surface area contributed by atoms with Gasteiger partial charge in [-0.3, -0.25) is 4.79 Å². The van der Waals surface area contributed by atoms with E-state index in [0.717, 1.165) is 25.9 Å². The van der Waals surface area contributed by atoms with Gasteiger partial charge in [-0.05, 0) is 50.0 Å². The van der Waals surface area contributed by atoms with Gasteiger partial charge < -0.3 is 25.2 Å². The van der Waals surface area contributed by atoms with E-state index in [2.05, 4.69) is 10.6 Å². The third-order valence-corrected chi connectivity index (χ3v) is 4.23. The van der Waals surface area contributed by atoms with Crippen molar-refractivity contribution in [1.82, 2.24) is 10.6 Å². The number of ether oxygens (including phenoxy) is 2. The molecule has 1 heterocycles. The van der Waals surface area contributed by atoms with Crippen LogP contribution in [0.15, 0.2) is 18.2 Å². The Labute approximate surface area is 137 Å². The zero-order valence-corrected chi connectivity index (χ0v) is 13.8. The van der Waals surface area contributed by atoms with E-state index in [9.17, 15) is 9.90 Å². The zero-order chi connectivity index (χ0) is 16.7. The number of nitrogens with one attached hydrogen (secondary N) is 2. The summed E-state index contributed by atoms with van der Waals surface area (Å²) in [5, 5.41) is 16.4. The molecule has 1 aliphatic rings. The van der Waals surface area contributed by atoms with Crippen LogP contribution < -0.4 is 20.1 Å². The highest BCUT2D eigenvalue weighted by Gasteiger charge is 2.18. The van der Waals surface area contributed by atoms with Crippen LogP contribution in [0.25, 0.3) is 0 Å². The molecule has 3 N–H and O–H groups in total. The van der Waals surface area contributed by atoms with Crippen molar-refractivity contribution >= 4 is 5.91 Å². The molecule has 1 amide bonds. The Morgan fingerprint density at radius 3 is 2.91 bits per heavy atom. The maximum atomic E-state index is 11.9. The molecule has 6 nitrogen and oxygen atoms in total. The van der Waals surface area contributed by atoms with E-state index in [-0.39, 0.29) is 12.5 Å². The number of methoxy groups -OCH3 is 2. The second kappa shape index (κ2) is 8.74. The predicted molar refractivity (Wildman–Crippen MR) is 87.7 cm³/mol. The van der Waals surface area contributed by atoms with Crippen molar-refractivity contribution in [3.63, 3.8) is 0 Å². The number of aliphatic hydroxyl groups excluding tert-OH is 1. The summed E-state index contributed by atoms with van der Waals surface area (Å²) in [6.07, 6.45) is 1.68. The molecule has 23 heavy (non-hydrogen) atoms. The first-order valence-corrected chi connectivity index (χ1v) is 8.01. The Bertz CT molecular complexity index is 515. The van der Waals surface area contributed by atoms with Crippen LogP contribution >= 0.6 is 0 Å². The minimum atomic E-state index is -0.836. The Morgan fingerprint density at radius 2 is 2.26 bits per heavy atom. The van der Waals surface area contributed by atoms with Gasteiger partial charge in [-0.15, -0.1) is 0 Å². The molecule has 0 saturated carbocycles. The van der Waals surface area contributed by atoms with E-state index in [1.54, 1.807) is 32.4 Å². The number of hydrogen-bond acceptors (Lipinski definition) is 5. The van der Waals surface area contributed by atoms with Crippen LogP contribution in [0.4, 0.5) is 0 Å². The minimum absolute atomic E-state index is 0.0298. The molecule has 1 saturated heterocycles. The number of aliphatic hydroxyl groups is 1. The fourth-order valence-corrected chi connectivity index (χ4v) is 2.80. The Morgan fingerprint density at radius 1 is 1.43 bits per heavy atom. The Balaban J connectivity index is 1.83. The second-order valence-corrected chi connectivity index (χ2v) is 5.83. The van der Waals surface area contributed by atoms with Gasteiger partial charge in [-0.1, -0.05) is 0 Å². The third kappa shape index (κ3) is 5.11. The molecule has 0 spiro atoms. The van der Waals surface area contributed by atoms with Gasteiger partial charge in [0.15, 0.2) is 0 Å². The standard InChI is InChI=1S/C17H26N2O4/c1-22-13-4-5-16(23-2)14(9-13)15(20)11-19-17(21)6-3-12-7-8-18-10-12/h4-5,9,12,15,18,20H,3,6-8,10-11H2,1-2H3,(H,19,21). The van der Waals surface area contributed by atoms with Crippen molar-refractivity contribution in [1.29, 1.82) is 0 Å². The molecule has 1 aromatic carbocycles. The van der Waals surface area contributed by atoms with Crippen molar-refractivity contribution in [3.8, 4) is 11.5 Å². The first kappa shape index (κ1) is 17.6.